The molecular formula is C32H38Cl2HfNOSi. The second-order valence-corrected chi connectivity index (χ2v) is 29.9. The average Bonchev–Trinajstić information content (AvgIpc) is 3.06. The summed E-state index contributed by atoms with van der Waals surface area (Å²) in [6.45, 7) is 15.7. The Morgan fingerprint density at radius 3 is 1.68 bits per heavy atom. The fourth-order valence-corrected chi connectivity index (χ4v) is 35.7. The van der Waals surface area contributed by atoms with Crippen molar-refractivity contribution >= 4 is 22.3 Å². The molecule has 6 heteroatoms. The Morgan fingerprint density at radius 1 is 0.763 bits per heavy atom. The number of carbonyl (C=O) groups excluding carboxylic acids is 1. The van der Waals surface area contributed by atoms with Gasteiger partial charge in [0.15, 0.2) is 0 Å². The summed E-state index contributed by atoms with van der Waals surface area (Å²) in [5, 5.41) is 2.87. The summed E-state index contributed by atoms with van der Waals surface area (Å²) in [6.07, 6.45) is 0. The number of halogens is 2. The normalized spacial score (nSPS) is 15.2. The molecule has 3 aromatic rings. The number of hydrogen-bond acceptors (Lipinski definition) is 1. The summed E-state index contributed by atoms with van der Waals surface area (Å²) >= 11 is -3.00. The molecule has 2 nitrogen and oxygen atoms in total. The molecule has 0 bridgehead atoms. The standard InChI is InChI=1S/C12H11Si.C11H15NO.C9H13.2ClH.Hf/c1-3-7-11(8-4-1)13-12-9-5-2-6-10-12;1-11(2,3)9-7-5-4-6-8(9)10(12)13;1-6-5-7(2)9(4)8(6)3;;;/h1-10,13H;4-7H,1-3H3,(H2,12,13);6H,1-4H3;2*1H;/q;;;;;+3/p-3. The summed E-state index contributed by atoms with van der Waals surface area (Å²) < 4.78 is 5.42. The van der Waals surface area contributed by atoms with E-state index in [9.17, 15) is 4.79 Å². The number of nitrogens with one attached hydrogen (secondary N) is 1. The summed E-state index contributed by atoms with van der Waals surface area (Å²) in [7, 11) is 0. The number of allylic oxidation sites excluding steroid dienone is 4. The fraction of sp³-hybridized carbons (Fsp3) is 0.281. The van der Waals surface area contributed by atoms with Crippen molar-refractivity contribution in [1.29, 1.82) is 0 Å². The zero-order valence-electron chi connectivity index (χ0n) is 23.4. The molecule has 0 saturated heterocycles. The van der Waals surface area contributed by atoms with Gasteiger partial charge in [0.2, 0.25) is 0 Å². The van der Waals surface area contributed by atoms with Gasteiger partial charge >= 0.3 is 227 Å². The van der Waals surface area contributed by atoms with Gasteiger partial charge in [-0.05, 0) is 0 Å². The monoisotopic (exact) mass is 730 g/mol. The maximum Gasteiger partial charge on any atom is -1.00 e. The van der Waals surface area contributed by atoms with Crippen LogP contribution in [0, 0.1) is 5.92 Å². The van der Waals surface area contributed by atoms with Gasteiger partial charge < -0.3 is 24.8 Å². The first-order valence-corrected chi connectivity index (χ1v) is 24.4. The summed E-state index contributed by atoms with van der Waals surface area (Å²) in [5.74, 6) is -1.18. The SMILES string of the molecule is CC1=C(C)C(C)[C]([Hf+2]([NH]C(=O)c2ccccc2C(C)(C)C)[SiH](c2ccccc2)c2ccccc2)=C1C.[Cl-].[Cl-]. The summed E-state index contributed by atoms with van der Waals surface area (Å²) in [6, 6.07) is 30.2. The number of hydrogen-bond donors (Lipinski definition) is 1. The molecule has 0 heterocycles. The predicted octanol–water partition coefficient (Wildman–Crippen LogP) is 0.0534. The van der Waals surface area contributed by atoms with E-state index in [1.807, 2.05) is 18.2 Å². The third-order valence-corrected chi connectivity index (χ3v) is 34.3. The van der Waals surface area contributed by atoms with Crippen LogP contribution in [0.4, 0.5) is 0 Å². The maximum atomic E-state index is 14.2. The van der Waals surface area contributed by atoms with Crippen LogP contribution < -0.4 is 38.5 Å². The van der Waals surface area contributed by atoms with Gasteiger partial charge in [0.25, 0.3) is 0 Å². The Bertz CT molecular complexity index is 1280. The molecule has 1 aliphatic rings. The Hall–Kier alpha value is -1.72. The predicted molar refractivity (Wildman–Crippen MR) is 152 cm³/mol. The van der Waals surface area contributed by atoms with Crippen molar-refractivity contribution < 1.29 is 50.5 Å². The van der Waals surface area contributed by atoms with E-state index >= 15 is 0 Å². The molecule has 1 N–H and O–H groups in total. The third kappa shape index (κ3) is 6.70. The molecule has 0 aromatic heterocycles. The minimum Gasteiger partial charge on any atom is -1.00 e. The van der Waals surface area contributed by atoms with Gasteiger partial charge in [-0.25, -0.2) is 0 Å². The minimum absolute atomic E-state index is 0. The smallest absolute Gasteiger partial charge is 1.00 e. The average molecular weight is 730 g/mol. The molecule has 4 rings (SSSR count). The van der Waals surface area contributed by atoms with Crippen molar-refractivity contribution in [2.45, 2.75) is 53.9 Å². The number of rotatable bonds is 6. The Balaban J connectivity index is 0.00000253. The van der Waals surface area contributed by atoms with E-state index < -0.39 is 26.9 Å². The van der Waals surface area contributed by atoms with Gasteiger partial charge in [0, 0.05) is 0 Å². The first-order chi connectivity index (χ1) is 17.1. The fourth-order valence-electron chi connectivity index (χ4n) is 5.44. The zero-order valence-corrected chi connectivity index (χ0v) is 29.7. The van der Waals surface area contributed by atoms with E-state index in [0.717, 1.165) is 11.1 Å². The van der Waals surface area contributed by atoms with Crippen LogP contribution in [0.5, 0.6) is 0 Å². The Kier molecular flexibility index (Phi) is 11.6. The van der Waals surface area contributed by atoms with Crippen LogP contribution in [0.3, 0.4) is 0 Å². The van der Waals surface area contributed by atoms with Crippen LogP contribution in [0.15, 0.2) is 105 Å². The van der Waals surface area contributed by atoms with Gasteiger partial charge in [-0.1, -0.05) is 0 Å². The van der Waals surface area contributed by atoms with Gasteiger partial charge in [-0.2, -0.15) is 0 Å². The largest absolute Gasteiger partial charge is 1.00 e. The van der Waals surface area contributed by atoms with Crippen molar-refractivity contribution in [3.8, 4) is 0 Å². The molecule has 0 saturated carbocycles. The first-order valence-electron chi connectivity index (χ1n) is 12.9. The van der Waals surface area contributed by atoms with Crippen LogP contribution in [0.2, 0.25) is 0 Å². The molecule has 0 spiro atoms. The topological polar surface area (TPSA) is 29.1 Å². The van der Waals surface area contributed by atoms with Crippen molar-refractivity contribution in [2.75, 3.05) is 0 Å². The number of amides is 1. The Morgan fingerprint density at radius 2 is 1.24 bits per heavy atom. The molecule has 1 amide bonds. The van der Waals surface area contributed by atoms with Crippen molar-refractivity contribution in [2.24, 2.45) is 5.92 Å². The van der Waals surface area contributed by atoms with Crippen LogP contribution in [-0.4, -0.2) is 11.9 Å². The van der Waals surface area contributed by atoms with Gasteiger partial charge in [-0.15, -0.1) is 0 Å². The van der Waals surface area contributed by atoms with Crippen molar-refractivity contribution in [3.63, 3.8) is 0 Å². The van der Waals surface area contributed by atoms with E-state index in [1.165, 1.54) is 27.1 Å². The molecule has 1 atom stereocenters. The molecule has 1 aliphatic carbocycles. The van der Waals surface area contributed by atoms with E-state index in [-0.39, 0.29) is 36.1 Å². The van der Waals surface area contributed by atoms with Crippen LogP contribution in [-0.2, 0) is 26.3 Å². The molecule has 1 unspecified atom stereocenters. The molecule has 3 aromatic carbocycles. The van der Waals surface area contributed by atoms with E-state index in [2.05, 4.69) is 119 Å². The Labute approximate surface area is 250 Å². The second-order valence-electron chi connectivity index (χ2n) is 11.0. The maximum absolute atomic E-state index is 14.2. The van der Waals surface area contributed by atoms with Crippen LogP contribution in [0.25, 0.3) is 0 Å². The number of benzene rings is 3. The summed E-state index contributed by atoms with van der Waals surface area (Å²) in [5.41, 5.74) is 6.14. The second kappa shape index (κ2) is 13.6. The quantitative estimate of drug-likeness (QED) is 0.358. The molecule has 0 aliphatic heterocycles. The van der Waals surface area contributed by atoms with Gasteiger partial charge in [0.05, 0.1) is 0 Å². The third-order valence-electron chi connectivity index (χ3n) is 7.71. The van der Waals surface area contributed by atoms with Crippen molar-refractivity contribution in [3.05, 3.63) is 116 Å². The molecular weight excluding hydrogens is 692 g/mol. The molecule has 38 heavy (non-hydrogen) atoms. The van der Waals surface area contributed by atoms with Gasteiger partial charge in [0.1, 0.15) is 0 Å². The van der Waals surface area contributed by atoms with Crippen LogP contribution in [0.1, 0.15) is 64.4 Å². The van der Waals surface area contributed by atoms with Gasteiger partial charge in [-0.3, -0.25) is 0 Å². The summed E-state index contributed by atoms with van der Waals surface area (Å²) in [4.78, 5) is 14.2. The van der Waals surface area contributed by atoms with Crippen molar-refractivity contribution in [1.82, 2.24) is 3.30 Å². The zero-order chi connectivity index (χ0) is 26.0. The number of carbonyl (C=O) groups is 1. The van der Waals surface area contributed by atoms with E-state index in [4.69, 9.17) is 0 Å². The van der Waals surface area contributed by atoms with E-state index in [0.29, 0.717) is 5.92 Å². The van der Waals surface area contributed by atoms with Crippen LogP contribution >= 0.6 is 0 Å². The van der Waals surface area contributed by atoms with E-state index in [1.54, 1.807) is 3.33 Å². The molecule has 0 fully saturated rings. The molecule has 199 valence electrons. The minimum atomic E-state index is -3.00. The molecule has 0 radical (unpaired) electrons. The first kappa shape index (κ1) is 32.5.